The fourth-order valence-corrected chi connectivity index (χ4v) is 2.25. The Bertz CT molecular complexity index is 809. The number of hydrogen-bond acceptors (Lipinski definition) is 5. The van der Waals surface area contributed by atoms with E-state index in [2.05, 4.69) is 4.74 Å². The molecule has 136 valence electrons. The van der Waals surface area contributed by atoms with Crippen molar-refractivity contribution in [1.29, 1.82) is 0 Å². The van der Waals surface area contributed by atoms with E-state index in [9.17, 15) is 18.4 Å². The van der Waals surface area contributed by atoms with Crippen molar-refractivity contribution in [3.8, 4) is 0 Å². The molecule has 0 aliphatic heterocycles. The van der Waals surface area contributed by atoms with Crippen LogP contribution in [0.2, 0.25) is 0 Å². The van der Waals surface area contributed by atoms with Crippen molar-refractivity contribution in [2.45, 2.75) is 12.1 Å². The number of esters is 2. The maximum atomic E-state index is 14.7. The van der Waals surface area contributed by atoms with Gasteiger partial charge in [0.15, 0.2) is 11.4 Å². The van der Waals surface area contributed by atoms with Crippen LogP contribution in [0.15, 0.2) is 72.3 Å². The summed E-state index contributed by atoms with van der Waals surface area (Å²) >= 11 is 0. The average Bonchev–Trinajstić information content (AvgIpc) is 2.70. The molecular weight excluding hydrogens is 344 g/mol. The van der Waals surface area contributed by atoms with Crippen LogP contribution in [-0.4, -0.2) is 19.0 Å². The van der Waals surface area contributed by atoms with E-state index in [0.29, 0.717) is 5.56 Å². The van der Waals surface area contributed by atoms with Gasteiger partial charge in [-0.15, -0.1) is 0 Å². The predicted octanol–water partition coefficient (Wildman–Crippen LogP) is 2.91. The molecule has 1 atom stereocenters. The molecule has 0 bridgehead atoms. The molecule has 0 fully saturated rings. The van der Waals surface area contributed by atoms with Gasteiger partial charge in [0.1, 0.15) is 6.61 Å². The van der Waals surface area contributed by atoms with Gasteiger partial charge < -0.3 is 15.2 Å². The number of nitrogens with two attached hydrogens (primary N) is 1. The molecule has 0 spiro atoms. The largest absolute Gasteiger partial charge is 0.467 e. The van der Waals surface area contributed by atoms with Gasteiger partial charge in [-0.05, 0) is 11.1 Å². The van der Waals surface area contributed by atoms with Gasteiger partial charge in [-0.25, -0.2) is 14.0 Å². The molecule has 2 aromatic rings. The molecule has 1 unspecified atom stereocenters. The molecule has 0 aliphatic rings. The summed E-state index contributed by atoms with van der Waals surface area (Å²) in [6.07, 6.45) is 0. The molecule has 2 rings (SSSR count). The van der Waals surface area contributed by atoms with Crippen LogP contribution in [0.4, 0.5) is 8.78 Å². The molecule has 5 nitrogen and oxygen atoms in total. The van der Waals surface area contributed by atoms with Crippen LogP contribution >= 0.6 is 0 Å². The van der Waals surface area contributed by atoms with Crippen molar-refractivity contribution in [3.63, 3.8) is 0 Å². The zero-order valence-corrected chi connectivity index (χ0v) is 13.9. The normalized spacial score (nSPS) is 14.0. The third-order valence-corrected chi connectivity index (χ3v) is 3.67. The highest BCUT2D eigenvalue weighted by molar-refractivity contribution is 5.92. The van der Waals surface area contributed by atoms with Crippen molar-refractivity contribution in [2.75, 3.05) is 7.11 Å². The molecule has 0 heterocycles. The van der Waals surface area contributed by atoms with Crippen LogP contribution in [0.3, 0.4) is 0 Å². The fourth-order valence-electron chi connectivity index (χ4n) is 2.25. The number of ether oxygens (including phenoxy) is 2. The first-order valence-corrected chi connectivity index (χ1v) is 7.60. The topological polar surface area (TPSA) is 78.6 Å². The van der Waals surface area contributed by atoms with E-state index >= 15 is 0 Å². The maximum absolute atomic E-state index is 14.7. The molecule has 2 N–H and O–H groups in total. The molecular formula is C19H17F2NO4. The molecule has 0 saturated heterocycles. The second-order valence-electron chi connectivity index (χ2n) is 5.36. The number of hydrogen-bond donors (Lipinski definition) is 1. The first-order chi connectivity index (χ1) is 12.4. The van der Waals surface area contributed by atoms with Gasteiger partial charge in [-0.2, -0.15) is 4.39 Å². The number of methoxy groups -OCH3 is 1. The van der Waals surface area contributed by atoms with Crippen molar-refractivity contribution in [3.05, 3.63) is 83.4 Å². The molecule has 7 heteroatoms. The zero-order chi connectivity index (χ0) is 19.2. The lowest BCUT2D eigenvalue weighted by molar-refractivity contribution is -0.146. The highest BCUT2D eigenvalue weighted by Crippen LogP contribution is 2.32. The minimum atomic E-state index is -2.61. The number of benzene rings is 2. The number of halogens is 2. The van der Waals surface area contributed by atoms with E-state index in [4.69, 9.17) is 10.5 Å². The van der Waals surface area contributed by atoms with Crippen LogP contribution < -0.4 is 5.73 Å². The summed E-state index contributed by atoms with van der Waals surface area (Å²) < 4.78 is 38.3. The van der Waals surface area contributed by atoms with Gasteiger partial charge >= 0.3 is 11.9 Å². The maximum Gasteiger partial charge on any atom is 0.370 e. The monoisotopic (exact) mass is 361 g/mol. The van der Waals surface area contributed by atoms with Crippen molar-refractivity contribution < 1.29 is 27.8 Å². The predicted molar refractivity (Wildman–Crippen MR) is 89.8 cm³/mol. The van der Waals surface area contributed by atoms with E-state index in [-0.39, 0.29) is 12.2 Å². The Hall–Kier alpha value is -3.06. The van der Waals surface area contributed by atoms with Crippen LogP contribution in [0.1, 0.15) is 11.1 Å². The first kappa shape index (κ1) is 19.3. The summed E-state index contributed by atoms with van der Waals surface area (Å²) in [7, 11) is 0.978. The second-order valence-corrected chi connectivity index (χ2v) is 5.36. The molecule has 0 aromatic heterocycles. The summed E-state index contributed by atoms with van der Waals surface area (Å²) in [6, 6.07) is 15.7. The highest BCUT2D eigenvalue weighted by Gasteiger charge is 2.46. The van der Waals surface area contributed by atoms with E-state index < -0.39 is 29.1 Å². The van der Waals surface area contributed by atoms with E-state index in [0.717, 1.165) is 7.11 Å². The van der Waals surface area contributed by atoms with Crippen LogP contribution in [0.25, 0.3) is 0 Å². The first-order valence-electron chi connectivity index (χ1n) is 7.60. The summed E-state index contributed by atoms with van der Waals surface area (Å²) in [4.78, 5) is 23.9. The zero-order valence-electron chi connectivity index (χ0n) is 13.9. The molecule has 0 amide bonds. The fraction of sp³-hybridized carbons (Fsp3) is 0.158. The standard InChI is InChI=1S/C19H17F2NO4/c1-25-18(24)19(22,14-10-6-3-7-11-14)16(21)15(20)17(23)26-12-13-8-4-2-5-9-13/h2-11H,12,22H2,1H3/b16-15+. The third-order valence-electron chi connectivity index (χ3n) is 3.67. The lowest BCUT2D eigenvalue weighted by Crippen LogP contribution is -2.47. The van der Waals surface area contributed by atoms with Crippen LogP contribution in [0.5, 0.6) is 0 Å². The number of rotatable bonds is 6. The highest BCUT2D eigenvalue weighted by atomic mass is 19.2. The number of carbonyl (C=O) groups excluding carboxylic acids is 2. The molecule has 2 aromatic carbocycles. The van der Waals surface area contributed by atoms with Gasteiger partial charge in [0.25, 0.3) is 0 Å². The van der Waals surface area contributed by atoms with Crippen molar-refractivity contribution >= 4 is 11.9 Å². The quantitative estimate of drug-likeness (QED) is 0.632. The molecule has 0 aliphatic carbocycles. The Labute approximate surface area is 149 Å². The SMILES string of the molecule is COC(=O)C(N)(/C(F)=C(\F)C(=O)OCc1ccccc1)c1ccccc1. The Morgan fingerprint density at radius 2 is 1.54 bits per heavy atom. The van der Waals surface area contributed by atoms with Gasteiger partial charge in [-0.1, -0.05) is 60.7 Å². The van der Waals surface area contributed by atoms with Gasteiger partial charge in [0, 0.05) is 0 Å². The smallest absolute Gasteiger partial charge is 0.370 e. The number of carbonyl (C=O) groups is 2. The van der Waals surface area contributed by atoms with Crippen molar-refractivity contribution in [1.82, 2.24) is 0 Å². The Kier molecular flexibility index (Phi) is 6.19. The van der Waals surface area contributed by atoms with Crippen molar-refractivity contribution in [2.24, 2.45) is 5.73 Å². The van der Waals surface area contributed by atoms with Gasteiger partial charge in [-0.3, -0.25) is 0 Å². The van der Waals surface area contributed by atoms with E-state index in [1.807, 2.05) is 0 Å². The Morgan fingerprint density at radius 1 is 1.00 bits per heavy atom. The average molecular weight is 361 g/mol. The third kappa shape index (κ3) is 3.94. The second kappa shape index (κ2) is 8.35. The summed E-state index contributed by atoms with van der Waals surface area (Å²) in [5, 5.41) is 0. The van der Waals surface area contributed by atoms with Gasteiger partial charge in [0.05, 0.1) is 7.11 Å². The van der Waals surface area contributed by atoms with Gasteiger partial charge in [0.2, 0.25) is 5.83 Å². The Morgan fingerprint density at radius 3 is 2.08 bits per heavy atom. The summed E-state index contributed by atoms with van der Waals surface area (Å²) in [6.45, 7) is -0.262. The molecule has 0 saturated carbocycles. The molecule has 26 heavy (non-hydrogen) atoms. The molecule has 0 radical (unpaired) electrons. The summed E-state index contributed by atoms with van der Waals surface area (Å²) in [5.74, 6) is -6.50. The minimum Gasteiger partial charge on any atom is -0.467 e. The van der Waals surface area contributed by atoms with E-state index in [1.165, 1.54) is 24.3 Å². The minimum absolute atomic E-state index is 0.0737. The van der Waals surface area contributed by atoms with E-state index in [1.54, 1.807) is 36.4 Å². The summed E-state index contributed by atoms with van der Waals surface area (Å²) in [5.41, 5.74) is 3.72. The Balaban J connectivity index is 2.31. The lowest BCUT2D eigenvalue weighted by atomic mass is 9.89. The lowest BCUT2D eigenvalue weighted by Gasteiger charge is -2.25. The van der Waals surface area contributed by atoms with Crippen LogP contribution in [-0.2, 0) is 31.2 Å². The van der Waals surface area contributed by atoms with Crippen LogP contribution in [0, 0.1) is 0 Å².